The Labute approximate surface area is 83.6 Å². The minimum absolute atomic E-state index is 0.0997. The number of hydrogen-bond donors (Lipinski definition) is 0. The molecule has 14 heavy (non-hydrogen) atoms. The summed E-state index contributed by atoms with van der Waals surface area (Å²) < 4.78 is 4.57. The maximum absolute atomic E-state index is 11.0. The summed E-state index contributed by atoms with van der Waals surface area (Å²) in [6.45, 7) is 4.78. The normalized spacial score (nSPS) is 18.0. The van der Waals surface area contributed by atoms with Crippen LogP contribution in [0.15, 0.2) is 0 Å². The number of ether oxygens (including phenoxy) is 1. The number of amides is 1. The Morgan fingerprint density at radius 3 is 2.21 bits per heavy atom. The predicted octanol–water partition coefficient (Wildman–Crippen LogP) is -0.676. The lowest BCUT2D eigenvalue weighted by atomic mass is 10.3. The van der Waals surface area contributed by atoms with Gasteiger partial charge in [-0.3, -0.25) is 14.5 Å². The van der Waals surface area contributed by atoms with Crippen molar-refractivity contribution in [3.63, 3.8) is 0 Å². The Kier molecular flexibility index (Phi) is 3.88. The fourth-order valence-corrected chi connectivity index (χ4v) is 1.47. The van der Waals surface area contributed by atoms with E-state index in [2.05, 4.69) is 4.74 Å². The van der Waals surface area contributed by atoms with E-state index < -0.39 is 0 Å². The fourth-order valence-electron chi connectivity index (χ4n) is 1.47. The number of methoxy groups -OCH3 is 1. The van der Waals surface area contributed by atoms with Crippen LogP contribution in [0.25, 0.3) is 0 Å². The molecule has 1 saturated heterocycles. The van der Waals surface area contributed by atoms with Crippen LogP contribution < -0.4 is 0 Å². The molecule has 0 N–H and O–H groups in total. The minimum Gasteiger partial charge on any atom is -0.468 e. The highest BCUT2D eigenvalue weighted by Crippen LogP contribution is 2.01. The number of piperazine rings is 1. The molecule has 1 aliphatic heterocycles. The van der Waals surface area contributed by atoms with Crippen LogP contribution in [0.2, 0.25) is 0 Å². The Bertz CT molecular complexity index is 222. The van der Waals surface area contributed by atoms with Gasteiger partial charge in [0.05, 0.1) is 13.7 Å². The molecule has 1 aliphatic rings. The average molecular weight is 200 g/mol. The summed E-state index contributed by atoms with van der Waals surface area (Å²) in [7, 11) is 1.38. The molecule has 0 aromatic rings. The van der Waals surface area contributed by atoms with E-state index in [0.29, 0.717) is 19.6 Å². The second kappa shape index (κ2) is 4.95. The standard InChI is InChI=1S/C9H16N2O3/c1-8(12)11-5-3-10(4-6-11)7-9(13)14-2/h3-7H2,1-2H3. The van der Waals surface area contributed by atoms with Gasteiger partial charge < -0.3 is 9.64 Å². The quantitative estimate of drug-likeness (QED) is 0.554. The topological polar surface area (TPSA) is 49.9 Å². The van der Waals surface area contributed by atoms with E-state index >= 15 is 0 Å². The van der Waals surface area contributed by atoms with Crippen LogP contribution in [0.1, 0.15) is 6.92 Å². The molecule has 1 rings (SSSR count). The molecule has 0 spiro atoms. The van der Waals surface area contributed by atoms with Crippen LogP contribution in [-0.2, 0) is 14.3 Å². The summed E-state index contributed by atoms with van der Waals surface area (Å²) in [5.74, 6) is -0.121. The van der Waals surface area contributed by atoms with Gasteiger partial charge in [-0.05, 0) is 0 Å². The molecule has 1 heterocycles. The lowest BCUT2D eigenvalue weighted by Gasteiger charge is -2.33. The van der Waals surface area contributed by atoms with E-state index in [1.807, 2.05) is 4.90 Å². The van der Waals surface area contributed by atoms with Gasteiger partial charge in [-0.1, -0.05) is 0 Å². The van der Waals surface area contributed by atoms with E-state index in [-0.39, 0.29) is 11.9 Å². The van der Waals surface area contributed by atoms with Gasteiger partial charge in [0.2, 0.25) is 5.91 Å². The monoisotopic (exact) mass is 200 g/mol. The predicted molar refractivity (Wildman–Crippen MR) is 50.7 cm³/mol. The van der Waals surface area contributed by atoms with Crippen molar-refractivity contribution in [3.05, 3.63) is 0 Å². The van der Waals surface area contributed by atoms with Crippen LogP contribution in [0, 0.1) is 0 Å². The van der Waals surface area contributed by atoms with Crippen LogP contribution in [0.4, 0.5) is 0 Å². The number of carbonyl (C=O) groups excluding carboxylic acids is 2. The van der Waals surface area contributed by atoms with Gasteiger partial charge in [0.15, 0.2) is 0 Å². The second-order valence-corrected chi connectivity index (χ2v) is 3.36. The smallest absolute Gasteiger partial charge is 0.319 e. The second-order valence-electron chi connectivity index (χ2n) is 3.36. The van der Waals surface area contributed by atoms with E-state index in [9.17, 15) is 9.59 Å². The molecule has 5 heteroatoms. The number of hydrogen-bond acceptors (Lipinski definition) is 4. The number of nitrogens with zero attached hydrogens (tertiary/aromatic N) is 2. The number of carbonyl (C=O) groups is 2. The molecule has 5 nitrogen and oxygen atoms in total. The summed E-state index contributed by atoms with van der Waals surface area (Å²) in [6.07, 6.45) is 0. The first-order chi connectivity index (χ1) is 6.63. The molecule has 80 valence electrons. The zero-order chi connectivity index (χ0) is 10.6. The van der Waals surface area contributed by atoms with Crippen molar-refractivity contribution in [1.82, 2.24) is 9.80 Å². The summed E-state index contributed by atoms with van der Waals surface area (Å²) in [6, 6.07) is 0. The van der Waals surface area contributed by atoms with Crippen molar-refractivity contribution in [1.29, 1.82) is 0 Å². The van der Waals surface area contributed by atoms with Crippen LogP contribution in [0.5, 0.6) is 0 Å². The zero-order valence-corrected chi connectivity index (χ0v) is 8.65. The van der Waals surface area contributed by atoms with Crippen molar-refractivity contribution in [2.75, 3.05) is 39.8 Å². The minimum atomic E-state index is -0.221. The molecular weight excluding hydrogens is 184 g/mol. The molecule has 0 aromatic heterocycles. The Morgan fingerprint density at radius 2 is 1.79 bits per heavy atom. The lowest BCUT2D eigenvalue weighted by Crippen LogP contribution is -2.49. The lowest BCUT2D eigenvalue weighted by molar-refractivity contribution is -0.142. The first-order valence-corrected chi connectivity index (χ1v) is 4.68. The van der Waals surface area contributed by atoms with Crippen molar-refractivity contribution >= 4 is 11.9 Å². The third kappa shape index (κ3) is 2.99. The van der Waals surface area contributed by atoms with Crippen LogP contribution in [-0.4, -0.2) is 61.5 Å². The SMILES string of the molecule is COC(=O)CN1CCN(C(C)=O)CC1. The van der Waals surface area contributed by atoms with E-state index in [0.717, 1.165) is 13.1 Å². The van der Waals surface area contributed by atoms with Crippen LogP contribution in [0.3, 0.4) is 0 Å². The van der Waals surface area contributed by atoms with Crippen molar-refractivity contribution in [2.24, 2.45) is 0 Å². The van der Waals surface area contributed by atoms with Crippen molar-refractivity contribution < 1.29 is 14.3 Å². The molecular formula is C9H16N2O3. The van der Waals surface area contributed by atoms with E-state index in [1.54, 1.807) is 11.8 Å². The fraction of sp³-hybridized carbons (Fsp3) is 0.778. The summed E-state index contributed by atoms with van der Waals surface area (Å²) >= 11 is 0. The Balaban J connectivity index is 2.29. The van der Waals surface area contributed by atoms with Gasteiger partial charge in [-0.2, -0.15) is 0 Å². The highest BCUT2D eigenvalue weighted by atomic mass is 16.5. The van der Waals surface area contributed by atoms with Gasteiger partial charge in [0.1, 0.15) is 0 Å². The molecule has 0 radical (unpaired) electrons. The first kappa shape index (κ1) is 11.0. The van der Waals surface area contributed by atoms with Gasteiger partial charge >= 0.3 is 5.97 Å². The average Bonchev–Trinajstić information content (AvgIpc) is 2.18. The Morgan fingerprint density at radius 1 is 1.21 bits per heavy atom. The third-order valence-corrected chi connectivity index (χ3v) is 2.40. The first-order valence-electron chi connectivity index (χ1n) is 4.68. The maximum Gasteiger partial charge on any atom is 0.319 e. The van der Waals surface area contributed by atoms with Gasteiger partial charge in [-0.15, -0.1) is 0 Å². The number of esters is 1. The number of rotatable bonds is 2. The molecule has 0 aliphatic carbocycles. The molecule has 0 aromatic carbocycles. The molecule has 0 saturated carbocycles. The van der Waals surface area contributed by atoms with E-state index in [1.165, 1.54) is 7.11 Å². The highest BCUT2D eigenvalue weighted by molar-refractivity contribution is 5.73. The molecule has 0 atom stereocenters. The molecule has 0 bridgehead atoms. The third-order valence-electron chi connectivity index (χ3n) is 2.40. The zero-order valence-electron chi connectivity index (χ0n) is 8.65. The van der Waals surface area contributed by atoms with Gasteiger partial charge in [0, 0.05) is 33.1 Å². The van der Waals surface area contributed by atoms with E-state index in [4.69, 9.17) is 0 Å². The molecule has 1 fully saturated rings. The van der Waals surface area contributed by atoms with Crippen molar-refractivity contribution in [2.45, 2.75) is 6.92 Å². The molecule has 1 amide bonds. The summed E-state index contributed by atoms with van der Waals surface area (Å²) in [5, 5.41) is 0. The highest BCUT2D eigenvalue weighted by Gasteiger charge is 2.20. The summed E-state index contributed by atoms with van der Waals surface area (Å²) in [5.41, 5.74) is 0. The van der Waals surface area contributed by atoms with Gasteiger partial charge in [-0.25, -0.2) is 0 Å². The summed E-state index contributed by atoms with van der Waals surface area (Å²) in [4.78, 5) is 25.7. The maximum atomic E-state index is 11.0. The Hall–Kier alpha value is -1.10. The van der Waals surface area contributed by atoms with Crippen molar-refractivity contribution in [3.8, 4) is 0 Å². The van der Waals surface area contributed by atoms with Gasteiger partial charge in [0.25, 0.3) is 0 Å². The largest absolute Gasteiger partial charge is 0.468 e. The molecule has 0 unspecified atom stereocenters. The van der Waals surface area contributed by atoms with Crippen LogP contribution >= 0.6 is 0 Å².